The van der Waals surface area contributed by atoms with E-state index in [4.69, 9.17) is 9.47 Å². The predicted octanol–water partition coefficient (Wildman–Crippen LogP) is 1.67. The molecule has 1 aromatic carbocycles. The monoisotopic (exact) mass is 439 g/mol. The number of hydrogen-bond acceptors (Lipinski definition) is 5. The molecule has 3 rings (SSSR count). The van der Waals surface area contributed by atoms with E-state index in [0.717, 1.165) is 0 Å². The van der Waals surface area contributed by atoms with Gasteiger partial charge in [0.2, 0.25) is 11.8 Å². The number of hydrogen-bond donors (Lipinski definition) is 0. The molecule has 30 heavy (non-hydrogen) atoms. The number of ether oxygens (including phenoxy) is 2. The zero-order chi connectivity index (χ0) is 21.1. The fraction of sp³-hybridized carbons (Fsp3) is 0.571. The number of amides is 3. The van der Waals surface area contributed by atoms with Crippen molar-refractivity contribution in [1.82, 2.24) is 14.7 Å². The molecule has 8 nitrogen and oxygen atoms in total. The minimum atomic E-state index is -0.495. The van der Waals surface area contributed by atoms with Gasteiger partial charge in [-0.2, -0.15) is 0 Å². The molecule has 2 aliphatic heterocycles. The third-order valence-corrected chi connectivity index (χ3v) is 5.41. The van der Waals surface area contributed by atoms with E-state index >= 15 is 0 Å². The number of fused-ring (bicyclic) bond motifs is 1. The summed E-state index contributed by atoms with van der Waals surface area (Å²) in [7, 11) is 3.06. The van der Waals surface area contributed by atoms with Crippen molar-refractivity contribution < 1.29 is 23.9 Å². The maximum absolute atomic E-state index is 13.1. The summed E-state index contributed by atoms with van der Waals surface area (Å²) < 4.78 is 10.5. The summed E-state index contributed by atoms with van der Waals surface area (Å²) in [5.74, 6) is 1.09. The highest BCUT2D eigenvalue weighted by molar-refractivity contribution is 5.98. The molecule has 0 spiro atoms. The summed E-state index contributed by atoms with van der Waals surface area (Å²) in [4.78, 5) is 43.6. The van der Waals surface area contributed by atoms with Crippen LogP contribution in [0.5, 0.6) is 11.5 Å². The van der Waals surface area contributed by atoms with Crippen LogP contribution in [-0.4, -0.2) is 85.4 Å². The van der Waals surface area contributed by atoms with Gasteiger partial charge in [-0.1, -0.05) is 13.8 Å². The first kappa shape index (κ1) is 23.8. The Balaban J connectivity index is 0.00000320. The van der Waals surface area contributed by atoms with Crippen molar-refractivity contribution in [3.8, 4) is 11.5 Å². The number of carbonyl (C=O) groups excluding carboxylic acids is 3. The molecule has 2 heterocycles. The Morgan fingerprint density at radius 3 is 2.50 bits per heavy atom. The zero-order valence-electron chi connectivity index (χ0n) is 17.9. The molecular weight excluding hydrogens is 410 g/mol. The summed E-state index contributed by atoms with van der Waals surface area (Å²) in [5, 5.41) is 0. The second-order valence-corrected chi connectivity index (χ2v) is 7.86. The van der Waals surface area contributed by atoms with Crippen LogP contribution in [0.2, 0.25) is 0 Å². The minimum Gasteiger partial charge on any atom is -0.497 e. The van der Waals surface area contributed by atoms with Gasteiger partial charge >= 0.3 is 0 Å². The standard InChI is InChI=1S/C21H29N3O5.ClH/c1-14(2)12-23-13-19(25)24-10-9-22(8-7-17(24)21(23)27)20(26)16-6-5-15(28-3)11-18(16)29-4;/h5-6,11,14,17H,7-10,12-13H2,1-4H3;1H. The summed E-state index contributed by atoms with van der Waals surface area (Å²) in [6.07, 6.45) is 0.434. The molecule has 3 amide bonds. The van der Waals surface area contributed by atoms with Gasteiger partial charge in [0.05, 0.1) is 26.3 Å². The molecule has 0 N–H and O–H groups in total. The summed E-state index contributed by atoms with van der Waals surface area (Å²) in [6, 6.07) is 4.57. The third kappa shape index (κ3) is 4.80. The Bertz CT molecular complexity index is 801. The number of methoxy groups -OCH3 is 2. The van der Waals surface area contributed by atoms with Gasteiger partial charge in [0, 0.05) is 32.2 Å². The van der Waals surface area contributed by atoms with Gasteiger partial charge in [-0.3, -0.25) is 14.4 Å². The van der Waals surface area contributed by atoms with Gasteiger partial charge in [0.15, 0.2) is 0 Å². The van der Waals surface area contributed by atoms with Crippen molar-refractivity contribution in [2.24, 2.45) is 5.92 Å². The largest absolute Gasteiger partial charge is 0.497 e. The molecule has 0 aliphatic carbocycles. The second-order valence-electron chi connectivity index (χ2n) is 7.86. The Hall–Kier alpha value is -2.48. The maximum atomic E-state index is 13.1. The van der Waals surface area contributed by atoms with Crippen molar-refractivity contribution in [3.63, 3.8) is 0 Å². The third-order valence-electron chi connectivity index (χ3n) is 5.41. The zero-order valence-corrected chi connectivity index (χ0v) is 18.7. The van der Waals surface area contributed by atoms with Crippen LogP contribution in [0.25, 0.3) is 0 Å². The first-order valence-electron chi connectivity index (χ1n) is 9.95. The van der Waals surface area contributed by atoms with Crippen molar-refractivity contribution in [3.05, 3.63) is 23.8 Å². The fourth-order valence-corrected chi connectivity index (χ4v) is 3.97. The first-order valence-corrected chi connectivity index (χ1v) is 9.95. The molecule has 166 valence electrons. The molecule has 1 atom stereocenters. The number of nitrogens with zero attached hydrogens (tertiary/aromatic N) is 3. The van der Waals surface area contributed by atoms with Crippen LogP contribution in [0.1, 0.15) is 30.6 Å². The molecule has 2 aliphatic rings. The Morgan fingerprint density at radius 1 is 1.13 bits per heavy atom. The van der Waals surface area contributed by atoms with Crippen LogP contribution < -0.4 is 9.47 Å². The molecule has 9 heteroatoms. The van der Waals surface area contributed by atoms with Crippen molar-refractivity contribution in [2.75, 3.05) is 46.9 Å². The second kappa shape index (κ2) is 10.0. The average molecular weight is 440 g/mol. The van der Waals surface area contributed by atoms with Crippen LogP contribution in [-0.2, 0) is 9.59 Å². The van der Waals surface area contributed by atoms with Gasteiger partial charge in [0.25, 0.3) is 5.91 Å². The van der Waals surface area contributed by atoms with E-state index in [9.17, 15) is 14.4 Å². The predicted molar refractivity (Wildman–Crippen MR) is 114 cm³/mol. The van der Waals surface area contributed by atoms with E-state index in [2.05, 4.69) is 0 Å². The lowest BCUT2D eigenvalue weighted by Crippen LogP contribution is -2.60. The molecule has 0 aromatic heterocycles. The van der Waals surface area contributed by atoms with Gasteiger partial charge < -0.3 is 24.2 Å². The maximum Gasteiger partial charge on any atom is 0.257 e. The molecule has 2 saturated heterocycles. The molecule has 0 radical (unpaired) electrons. The number of piperazine rings is 1. The lowest BCUT2D eigenvalue weighted by Gasteiger charge is -2.39. The number of benzene rings is 1. The minimum absolute atomic E-state index is 0. The molecule has 2 fully saturated rings. The quantitative estimate of drug-likeness (QED) is 0.697. The summed E-state index contributed by atoms with van der Waals surface area (Å²) >= 11 is 0. The Labute approximate surface area is 183 Å². The molecule has 0 bridgehead atoms. The SMILES string of the molecule is COc1ccc(C(=O)N2CCC3C(=O)N(CC(C)C)CC(=O)N3CC2)c(OC)c1.Cl. The first-order chi connectivity index (χ1) is 13.8. The van der Waals surface area contributed by atoms with Crippen LogP contribution in [0.3, 0.4) is 0 Å². The number of halogens is 1. The Morgan fingerprint density at radius 2 is 1.87 bits per heavy atom. The van der Waals surface area contributed by atoms with E-state index in [-0.39, 0.29) is 36.7 Å². The van der Waals surface area contributed by atoms with Crippen LogP contribution >= 0.6 is 12.4 Å². The summed E-state index contributed by atoms with van der Waals surface area (Å²) in [6.45, 7) is 5.89. The van der Waals surface area contributed by atoms with Gasteiger partial charge in [-0.25, -0.2) is 0 Å². The van der Waals surface area contributed by atoms with E-state index in [0.29, 0.717) is 55.6 Å². The highest BCUT2D eigenvalue weighted by atomic mass is 35.5. The highest BCUT2D eigenvalue weighted by Gasteiger charge is 2.41. The average Bonchev–Trinajstić information content (AvgIpc) is 2.94. The van der Waals surface area contributed by atoms with Crippen LogP contribution in [0.4, 0.5) is 0 Å². The fourth-order valence-electron chi connectivity index (χ4n) is 3.97. The van der Waals surface area contributed by atoms with Crippen molar-refractivity contribution >= 4 is 30.1 Å². The van der Waals surface area contributed by atoms with Gasteiger partial charge in [0.1, 0.15) is 17.5 Å². The molecular formula is C21H30ClN3O5. The van der Waals surface area contributed by atoms with E-state index in [1.807, 2.05) is 13.8 Å². The topological polar surface area (TPSA) is 79.4 Å². The highest BCUT2D eigenvalue weighted by Crippen LogP contribution is 2.27. The molecule has 0 saturated carbocycles. The number of rotatable bonds is 5. The molecule has 1 aromatic rings. The van der Waals surface area contributed by atoms with Crippen LogP contribution in [0.15, 0.2) is 18.2 Å². The van der Waals surface area contributed by atoms with E-state index in [1.165, 1.54) is 7.11 Å². The van der Waals surface area contributed by atoms with Gasteiger partial charge in [-0.15, -0.1) is 12.4 Å². The van der Waals surface area contributed by atoms with Crippen LogP contribution in [0, 0.1) is 5.92 Å². The molecule has 1 unspecified atom stereocenters. The lowest BCUT2D eigenvalue weighted by molar-refractivity contribution is -0.156. The normalized spacial score (nSPS) is 19.2. The van der Waals surface area contributed by atoms with E-state index < -0.39 is 6.04 Å². The smallest absolute Gasteiger partial charge is 0.257 e. The number of carbonyl (C=O) groups is 3. The Kier molecular flexibility index (Phi) is 7.95. The van der Waals surface area contributed by atoms with Crippen molar-refractivity contribution in [1.29, 1.82) is 0 Å². The summed E-state index contributed by atoms with van der Waals surface area (Å²) in [5.41, 5.74) is 0.437. The lowest BCUT2D eigenvalue weighted by atomic mass is 10.1. The van der Waals surface area contributed by atoms with Gasteiger partial charge in [-0.05, 0) is 24.5 Å². The van der Waals surface area contributed by atoms with Crippen molar-refractivity contribution in [2.45, 2.75) is 26.3 Å². The van der Waals surface area contributed by atoms with E-state index in [1.54, 1.807) is 40.0 Å².